The van der Waals surface area contributed by atoms with Gasteiger partial charge in [0.05, 0.1) is 29.3 Å². The summed E-state index contributed by atoms with van der Waals surface area (Å²) in [6.45, 7) is 1.91. The maximum Gasteiger partial charge on any atom is 0.305 e. The van der Waals surface area contributed by atoms with Crippen molar-refractivity contribution >= 4 is 49.2 Å². The van der Waals surface area contributed by atoms with Gasteiger partial charge in [0.15, 0.2) is 0 Å². The van der Waals surface area contributed by atoms with E-state index in [1.807, 2.05) is 13.0 Å². The molecule has 1 heterocycles. The summed E-state index contributed by atoms with van der Waals surface area (Å²) in [5, 5.41) is 0.403. The van der Waals surface area contributed by atoms with Gasteiger partial charge in [0.1, 0.15) is 11.9 Å². The number of halogens is 2. The predicted molar refractivity (Wildman–Crippen MR) is 111 cm³/mol. The third-order valence-corrected chi connectivity index (χ3v) is 7.38. The van der Waals surface area contributed by atoms with Crippen molar-refractivity contribution in [3.05, 3.63) is 51.5 Å². The molecular formula is C19H19BrClNO5S. The number of fused-ring (bicyclic) bond motifs is 1. The van der Waals surface area contributed by atoms with Crippen LogP contribution in [0, 0.1) is 6.92 Å². The lowest BCUT2D eigenvalue weighted by molar-refractivity contribution is -0.141. The second kappa shape index (κ2) is 8.31. The largest absolute Gasteiger partial charge is 0.486 e. The number of rotatable bonds is 5. The Hall–Kier alpha value is -1.77. The molecule has 0 aromatic heterocycles. The third-order valence-electron chi connectivity index (χ3n) is 4.41. The highest BCUT2D eigenvalue weighted by Crippen LogP contribution is 2.42. The Morgan fingerprint density at radius 1 is 1.36 bits per heavy atom. The van der Waals surface area contributed by atoms with Crippen molar-refractivity contribution in [3.63, 3.8) is 0 Å². The van der Waals surface area contributed by atoms with Gasteiger partial charge in [-0.3, -0.25) is 9.10 Å². The molecule has 1 aliphatic heterocycles. The van der Waals surface area contributed by atoms with Crippen LogP contribution in [0.1, 0.15) is 18.4 Å². The van der Waals surface area contributed by atoms with Gasteiger partial charge in [-0.2, -0.15) is 0 Å². The van der Waals surface area contributed by atoms with Crippen LogP contribution in [0.2, 0.25) is 5.02 Å². The summed E-state index contributed by atoms with van der Waals surface area (Å²) in [6, 6.07) is 9.92. The Labute approximate surface area is 177 Å². The SMILES string of the molecule is COC(=O)CC[C@H]1CN(S(=O)(=O)c2cccc(C)c2)c2cc(Br)c(Cl)cc2O1. The van der Waals surface area contributed by atoms with Crippen LogP contribution in [-0.4, -0.2) is 34.1 Å². The van der Waals surface area contributed by atoms with Crippen molar-refractivity contribution in [2.75, 3.05) is 18.0 Å². The van der Waals surface area contributed by atoms with Crippen LogP contribution in [0.15, 0.2) is 45.8 Å². The van der Waals surface area contributed by atoms with Gasteiger partial charge in [0, 0.05) is 17.0 Å². The molecule has 150 valence electrons. The van der Waals surface area contributed by atoms with Gasteiger partial charge in [0.2, 0.25) is 0 Å². The van der Waals surface area contributed by atoms with Gasteiger partial charge in [0.25, 0.3) is 10.0 Å². The van der Waals surface area contributed by atoms with Crippen LogP contribution in [0.25, 0.3) is 0 Å². The van der Waals surface area contributed by atoms with Crippen molar-refractivity contribution in [2.24, 2.45) is 0 Å². The van der Waals surface area contributed by atoms with E-state index < -0.39 is 16.1 Å². The number of carbonyl (C=O) groups excluding carboxylic acids is 1. The van der Waals surface area contributed by atoms with Crippen molar-refractivity contribution in [2.45, 2.75) is 30.8 Å². The summed E-state index contributed by atoms with van der Waals surface area (Å²) in [4.78, 5) is 11.7. The molecular weight excluding hydrogens is 470 g/mol. The fraction of sp³-hybridized carbons (Fsp3) is 0.316. The number of carbonyl (C=O) groups is 1. The molecule has 0 bridgehead atoms. The first kappa shape index (κ1) is 21.0. The second-order valence-electron chi connectivity index (χ2n) is 6.44. The highest BCUT2D eigenvalue weighted by atomic mass is 79.9. The van der Waals surface area contributed by atoms with Crippen LogP contribution in [0.4, 0.5) is 5.69 Å². The van der Waals surface area contributed by atoms with Gasteiger partial charge in [-0.15, -0.1) is 0 Å². The number of methoxy groups -OCH3 is 1. The topological polar surface area (TPSA) is 72.9 Å². The van der Waals surface area contributed by atoms with Crippen LogP contribution in [0.3, 0.4) is 0 Å². The Morgan fingerprint density at radius 3 is 2.79 bits per heavy atom. The van der Waals surface area contributed by atoms with E-state index in [1.165, 1.54) is 11.4 Å². The Kier molecular flexibility index (Phi) is 6.21. The molecule has 0 unspecified atom stereocenters. The molecule has 9 heteroatoms. The minimum Gasteiger partial charge on any atom is -0.486 e. The number of hydrogen-bond donors (Lipinski definition) is 0. The van der Waals surface area contributed by atoms with E-state index in [1.54, 1.807) is 30.3 Å². The molecule has 6 nitrogen and oxygen atoms in total. The summed E-state index contributed by atoms with van der Waals surface area (Å²) < 4.78 is 39.2. The number of anilines is 1. The van der Waals surface area contributed by atoms with Crippen LogP contribution >= 0.6 is 27.5 Å². The Bertz CT molecular complexity index is 1010. The van der Waals surface area contributed by atoms with E-state index in [-0.39, 0.29) is 23.8 Å². The van der Waals surface area contributed by atoms with E-state index in [2.05, 4.69) is 20.7 Å². The molecule has 0 aliphatic carbocycles. The molecule has 0 N–H and O–H groups in total. The number of esters is 1. The summed E-state index contributed by atoms with van der Waals surface area (Å²) in [6.07, 6.45) is -0.0675. The van der Waals surface area contributed by atoms with E-state index >= 15 is 0 Å². The lowest BCUT2D eigenvalue weighted by Gasteiger charge is -2.35. The first-order valence-electron chi connectivity index (χ1n) is 8.54. The molecule has 0 amide bonds. The standard InChI is InChI=1S/C19H19BrClNO5S/c1-12-4-3-5-14(8-12)28(24,25)22-11-13(6-7-19(23)26-2)27-18-10-16(21)15(20)9-17(18)22/h3-5,8-10,13H,6-7,11H2,1-2H3/t13-/m0/s1. The number of hydrogen-bond acceptors (Lipinski definition) is 5. The summed E-state index contributed by atoms with van der Waals surface area (Å²) in [7, 11) is -2.52. The van der Waals surface area contributed by atoms with Crippen molar-refractivity contribution < 1.29 is 22.7 Å². The molecule has 0 spiro atoms. The average Bonchev–Trinajstić information content (AvgIpc) is 2.66. The number of sulfonamides is 1. The fourth-order valence-corrected chi connectivity index (χ4v) is 5.06. The molecule has 0 saturated carbocycles. The molecule has 0 fully saturated rings. The quantitative estimate of drug-likeness (QED) is 0.586. The molecule has 2 aromatic carbocycles. The molecule has 28 heavy (non-hydrogen) atoms. The average molecular weight is 489 g/mol. The lowest BCUT2D eigenvalue weighted by atomic mass is 10.1. The van der Waals surface area contributed by atoms with Gasteiger partial charge in [-0.25, -0.2) is 8.42 Å². The highest BCUT2D eigenvalue weighted by Gasteiger charge is 2.35. The zero-order valence-electron chi connectivity index (χ0n) is 15.3. The van der Waals surface area contributed by atoms with Gasteiger partial charge < -0.3 is 9.47 Å². The number of nitrogens with zero attached hydrogens (tertiary/aromatic N) is 1. The summed E-state index contributed by atoms with van der Waals surface area (Å²) in [5.74, 6) is -0.0260. The van der Waals surface area contributed by atoms with Crippen molar-refractivity contribution in [1.29, 1.82) is 0 Å². The molecule has 2 aromatic rings. The molecule has 3 rings (SSSR count). The van der Waals surface area contributed by atoms with E-state index in [9.17, 15) is 13.2 Å². The van der Waals surface area contributed by atoms with Crippen LogP contribution in [-0.2, 0) is 19.6 Å². The highest BCUT2D eigenvalue weighted by molar-refractivity contribution is 9.10. The number of benzene rings is 2. The van der Waals surface area contributed by atoms with Crippen LogP contribution < -0.4 is 9.04 Å². The predicted octanol–water partition coefficient (Wildman–Crippen LogP) is 4.32. The molecule has 0 radical (unpaired) electrons. The smallest absolute Gasteiger partial charge is 0.305 e. The number of aryl methyl sites for hydroxylation is 1. The first-order chi connectivity index (χ1) is 13.2. The fourth-order valence-electron chi connectivity index (χ4n) is 2.97. The number of ether oxygens (including phenoxy) is 2. The normalized spacial score (nSPS) is 16.3. The zero-order valence-corrected chi connectivity index (χ0v) is 18.5. The molecule has 0 saturated heterocycles. The van der Waals surface area contributed by atoms with Gasteiger partial charge in [-0.1, -0.05) is 23.7 Å². The van der Waals surface area contributed by atoms with E-state index in [0.29, 0.717) is 27.4 Å². The second-order valence-corrected chi connectivity index (χ2v) is 9.57. The van der Waals surface area contributed by atoms with Crippen molar-refractivity contribution in [1.82, 2.24) is 0 Å². The summed E-state index contributed by atoms with van der Waals surface area (Å²) >= 11 is 9.51. The Balaban J connectivity index is 2.03. The molecule has 1 atom stereocenters. The van der Waals surface area contributed by atoms with Crippen LogP contribution in [0.5, 0.6) is 5.75 Å². The molecule has 1 aliphatic rings. The minimum atomic E-state index is -3.83. The van der Waals surface area contributed by atoms with Gasteiger partial charge >= 0.3 is 5.97 Å². The van der Waals surface area contributed by atoms with E-state index in [0.717, 1.165) is 5.56 Å². The zero-order chi connectivity index (χ0) is 20.5. The van der Waals surface area contributed by atoms with Gasteiger partial charge in [-0.05, 0) is 53.0 Å². The third kappa shape index (κ3) is 4.29. The first-order valence-corrected chi connectivity index (χ1v) is 11.2. The Morgan fingerprint density at radius 2 is 2.11 bits per heavy atom. The lowest BCUT2D eigenvalue weighted by Crippen LogP contribution is -2.43. The summed E-state index contributed by atoms with van der Waals surface area (Å²) in [5.41, 5.74) is 1.24. The van der Waals surface area contributed by atoms with Crippen molar-refractivity contribution in [3.8, 4) is 5.75 Å². The monoisotopic (exact) mass is 487 g/mol. The maximum atomic E-state index is 13.4. The minimum absolute atomic E-state index is 0.0777. The van der Waals surface area contributed by atoms with E-state index in [4.69, 9.17) is 16.3 Å². The maximum absolute atomic E-state index is 13.4.